The molecule has 0 aliphatic carbocycles. The molecule has 8 heteroatoms. The van der Waals surface area contributed by atoms with Crippen molar-refractivity contribution in [3.05, 3.63) is 112 Å². The maximum absolute atomic E-state index is 14.2. The Kier molecular flexibility index (Phi) is 8.24. The Labute approximate surface area is 238 Å². The van der Waals surface area contributed by atoms with Crippen LogP contribution in [0.5, 0.6) is 5.75 Å². The van der Waals surface area contributed by atoms with E-state index in [0.717, 1.165) is 35.5 Å². The molecule has 0 saturated heterocycles. The van der Waals surface area contributed by atoms with Gasteiger partial charge >= 0.3 is 0 Å². The fourth-order valence-corrected chi connectivity index (χ4v) is 5.23. The first-order valence-corrected chi connectivity index (χ1v) is 13.7. The van der Waals surface area contributed by atoms with Crippen molar-refractivity contribution in [1.29, 1.82) is 0 Å². The fraction of sp³-hybridized carbons (Fsp3) is 0.226. The molecule has 0 spiro atoms. The summed E-state index contributed by atoms with van der Waals surface area (Å²) in [6.45, 7) is 2.27. The van der Waals surface area contributed by atoms with E-state index in [1.54, 1.807) is 34.1 Å². The number of fused-ring (bicyclic) bond motifs is 3. The molecule has 0 saturated carbocycles. The Hall–Kier alpha value is -3.74. The summed E-state index contributed by atoms with van der Waals surface area (Å²) in [5, 5.41) is 1.18. The Morgan fingerprint density at radius 3 is 2.41 bits per heavy atom. The first kappa shape index (κ1) is 26.9. The molecule has 200 valence electrons. The number of nitrogens with zero attached hydrogens (tertiary/aromatic N) is 3. The monoisotopic (exact) mass is 561 g/mol. The lowest BCUT2D eigenvalue weighted by Gasteiger charge is -2.39. The Morgan fingerprint density at radius 2 is 1.67 bits per heavy atom. The molecule has 1 unspecified atom stereocenters. The number of anilines is 1. The van der Waals surface area contributed by atoms with Crippen LogP contribution in [-0.4, -0.2) is 41.0 Å². The normalized spacial score (nSPS) is 13.9. The topological polar surface area (TPSA) is 54.8 Å². The quantitative estimate of drug-likeness (QED) is 0.222. The lowest BCUT2D eigenvalue weighted by atomic mass is 9.97. The van der Waals surface area contributed by atoms with Crippen LogP contribution in [0.25, 0.3) is 5.69 Å². The summed E-state index contributed by atoms with van der Waals surface area (Å²) < 4.78 is 7.82. The van der Waals surface area contributed by atoms with E-state index in [1.807, 2.05) is 66.9 Å². The Balaban J connectivity index is 1.45. The highest BCUT2D eigenvalue weighted by Crippen LogP contribution is 2.42. The van der Waals surface area contributed by atoms with E-state index in [-0.39, 0.29) is 25.0 Å². The van der Waals surface area contributed by atoms with Gasteiger partial charge in [0.15, 0.2) is 6.61 Å². The minimum atomic E-state index is -0.408. The zero-order valence-corrected chi connectivity index (χ0v) is 23.1. The number of benzene rings is 3. The summed E-state index contributed by atoms with van der Waals surface area (Å²) in [5.41, 5.74) is 3.52. The summed E-state index contributed by atoms with van der Waals surface area (Å²) in [5.74, 6) is 0.108. The maximum atomic E-state index is 14.2. The molecular formula is C31H29Cl2N3O3. The van der Waals surface area contributed by atoms with Gasteiger partial charge in [-0.15, -0.1) is 0 Å². The van der Waals surface area contributed by atoms with E-state index in [1.165, 1.54) is 0 Å². The number of hydrogen-bond donors (Lipinski definition) is 0. The Bertz CT molecular complexity index is 1470. The van der Waals surface area contributed by atoms with E-state index in [4.69, 9.17) is 27.9 Å². The summed E-state index contributed by atoms with van der Waals surface area (Å²) in [6.07, 6.45) is 3.66. The predicted molar refractivity (Wildman–Crippen MR) is 155 cm³/mol. The molecule has 1 aliphatic rings. The van der Waals surface area contributed by atoms with Gasteiger partial charge in [0.25, 0.3) is 5.91 Å². The van der Waals surface area contributed by atoms with E-state index < -0.39 is 6.04 Å². The molecule has 0 bridgehead atoms. The molecule has 5 rings (SSSR count). The third-order valence-electron chi connectivity index (χ3n) is 6.79. The molecule has 0 fully saturated rings. The first-order chi connectivity index (χ1) is 19.0. The molecule has 4 aromatic rings. The van der Waals surface area contributed by atoms with Crippen molar-refractivity contribution in [2.24, 2.45) is 0 Å². The number of carbonyl (C=O) groups excluding carboxylic acids is 2. The van der Waals surface area contributed by atoms with Crippen LogP contribution in [0.3, 0.4) is 0 Å². The first-order valence-electron chi connectivity index (χ1n) is 13.0. The van der Waals surface area contributed by atoms with Gasteiger partial charge in [-0.05, 0) is 72.6 Å². The van der Waals surface area contributed by atoms with Crippen molar-refractivity contribution in [2.45, 2.75) is 25.8 Å². The van der Waals surface area contributed by atoms with Crippen LogP contribution in [0.4, 0.5) is 5.69 Å². The molecule has 2 heterocycles. The number of unbranched alkanes of at least 4 members (excludes halogenated alkanes) is 1. The van der Waals surface area contributed by atoms with Gasteiger partial charge in [0, 0.05) is 22.8 Å². The van der Waals surface area contributed by atoms with Crippen LogP contribution in [-0.2, 0) is 9.59 Å². The summed E-state index contributed by atoms with van der Waals surface area (Å²) in [7, 11) is 0. The molecular weight excluding hydrogens is 533 g/mol. The lowest BCUT2D eigenvalue weighted by molar-refractivity contribution is -0.137. The SMILES string of the molecule is CCCCN(CC(=O)N1c2ccccc2-n2cccc2C1c1cccc(Cl)c1)C(=O)COc1ccc(Cl)cc1. The Morgan fingerprint density at radius 1 is 0.897 bits per heavy atom. The summed E-state index contributed by atoms with van der Waals surface area (Å²) >= 11 is 12.3. The minimum Gasteiger partial charge on any atom is -0.484 e. The maximum Gasteiger partial charge on any atom is 0.260 e. The fourth-order valence-electron chi connectivity index (χ4n) is 4.90. The molecule has 2 amide bonds. The smallest absolute Gasteiger partial charge is 0.260 e. The molecule has 39 heavy (non-hydrogen) atoms. The van der Waals surface area contributed by atoms with Crippen LogP contribution >= 0.6 is 23.2 Å². The highest BCUT2D eigenvalue weighted by molar-refractivity contribution is 6.30. The zero-order valence-electron chi connectivity index (χ0n) is 21.6. The van der Waals surface area contributed by atoms with E-state index in [9.17, 15) is 9.59 Å². The number of amides is 2. The van der Waals surface area contributed by atoms with Crippen LogP contribution in [0, 0.1) is 0 Å². The second-order valence-corrected chi connectivity index (χ2v) is 10.3. The van der Waals surface area contributed by atoms with Gasteiger partial charge in [-0.1, -0.05) is 60.8 Å². The highest BCUT2D eigenvalue weighted by Gasteiger charge is 2.37. The standard InChI is InChI=1S/C31H29Cl2N3O3/c1-2-3-17-34(30(38)21-39-25-15-13-23(32)14-16-25)20-29(37)36-27-11-5-4-10-26(27)35-18-7-12-28(35)31(36)22-8-6-9-24(33)19-22/h4-16,18-19,31H,2-3,17,20-21H2,1H3. The number of halogens is 2. The van der Waals surface area contributed by atoms with Gasteiger partial charge in [0.05, 0.1) is 17.1 Å². The summed E-state index contributed by atoms with van der Waals surface area (Å²) in [6, 6.07) is 25.8. The molecule has 1 aliphatic heterocycles. The van der Waals surface area contributed by atoms with Crippen LogP contribution in [0.15, 0.2) is 91.1 Å². The highest BCUT2D eigenvalue weighted by atomic mass is 35.5. The number of carbonyl (C=O) groups is 2. The number of ether oxygens (including phenoxy) is 1. The number of aromatic nitrogens is 1. The number of hydrogen-bond acceptors (Lipinski definition) is 3. The lowest BCUT2D eigenvalue weighted by Crippen LogP contribution is -2.48. The van der Waals surface area contributed by atoms with E-state index in [2.05, 4.69) is 11.5 Å². The van der Waals surface area contributed by atoms with Gasteiger partial charge in [-0.25, -0.2) is 0 Å². The molecule has 1 aromatic heterocycles. The van der Waals surface area contributed by atoms with Crippen LogP contribution in [0.1, 0.15) is 37.1 Å². The van der Waals surface area contributed by atoms with Gasteiger partial charge in [0.2, 0.25) is 5.91 Å². The summed E-state index contributed by atoms with van der Waals surface area (Å²) in [4.78, 5) is 30.9. The van der Waals surface area contributed by atoms with Crippen molar-refractivity contribution in [2.75, 3.05) is 24.6 Å². The average molecular weight is 562 g/mol. The average Bonchev–Trinajstić information content (AvgIpc) is 3.44. The van der Waals surface area contributed by atoms with Crippen LogP contribution in [0.2, 0.25) is 10.0 Å². The van der Waals surface area contributed by atoms with Crippen molar-refractivity contribution in [3.63, 3.8) is 0 Å². The van der Waals surface area contributed by atoms with Gasteiger partial charge in [-0.3, -0.25) is 14.5 Å². The van der Waals surface area contributed by atoms with E-state index >= 15 is 0 Å². The number of rotatable bonds is 9. The molecule has 6 nitrogen and oxygen atoms in total. The zero-order chi connectivity index (χ0) is 27.4. The molecule has 1 atom stereocenters. The minimum absolute atomic E-state index is 0.0745. The van der Waals surface area contributed by atoms with Crippen molar-refractivity contribution in [3.8, 4) is 11.4 Å². The van der Waals surface area contributed by atoms with Crippen molar-refractivity contribution < 1.29 is 14.3 Å². The molecule has 0 N–H and O–H groups in total. The van der Waals surface area contributed by atoms with Crippen molar-refractivity contribution >= 4 is 40.7 Å². The van der Waals surface area contributed by atoms with Crippen molar-refractivity contribution in [1.82, 2.24) is 9.47 Å². The predicted octanol–water partition coefficient (Wildman–Crippen LogP) is 6.93. The van der Waals surface area contributed by atoms with Crippen LogP contribution < -0.4 is 9.64 Å². The van der Waals surface area contributed by atoms with E-state index in [0.29, 0.717) is 22.3 Å². The molecule has 3 aromatic carbocycles. The second kappa shape index (κ2) is 12.0. The number of para-hydroxylation sites is 2. The largest absolute Gasteiger partial charge is 0.484 e. The van der Waals surface area contributed by atoms with Gasteiger partial charge < -0.3 is 14.2 Å². The molecule has 0 radical (unpaired) electrons. The third-order valence-corrected chi connectivity index (χ3v) is 7.28. The van der Waals surface area contributed by atoms with Gasteiger partial charge in [0.1, 0.15) is 18.3 Å². The third kappa shape index (κ3) is 5.82. The van der Waals surface area contributed by atoms with Gasteiger partial charge in [-0.2, -0.15) is 0 Å². The second-order valence-electron chi connectivity index (χ2n) is 9.42.